The first-order valence-corrected chi connectivity index (χ1v) is 13.8. The Balaban J connectivity index is 1.38. The van der Waals surface area contributed by atoms with Gasteiger partial charge in [-0.3, -0.25) is 0 Å². The SMILES string of the molecule is CC[C@H](C=C[C@@H](C)[C@H]1CC[C@H]2[C@@H]3[C@@H](O)[C@@H]4O[C@@]45C[C@@H](O)CC[C@]5(C)[C@H]3CC[C@]12C)C(C)C. The first kappa shape index (κ1) is 23.4. The molecule has 1 aliphatic heterocycles. The topological polar surface area (TPSA) is 53.0 Å². The van der Waals surface area contributed by atoms with Crippen LogP contribution in [0.2, 0.25) is 0 Å². The molecule has 12 atom stereocenters. The lowest BCUT2D eigenvalue weighted by atomic mass is 9.43. The minimum atomic E-state index is -0.349. The van der Waals surface area contributed by atoms with Crippen molar-refractivity contribution >= 4 is 0 Å². The first-order chi connectivity index (χ1) is 15.1. The molecule has 32 heavy (non-hydrogen) atoms. The highest BCUT2D eigenvalue weighted by Crippen LogP contribution is 2.74. The monoisotopic (exact) mass is 444 g/mol. The molecule has 2 N–H and O–H groups in total. The van der Waals surface area contributed by atoms with E-state index >= 15 is 0 Å². The molecule has 0 aromatic carbocycles. The standard InChI is InChI=1S/C29H48O3/c1-7-19(17(2)3)9-8-18(4)21-10-11-22-24-23(13-14-27(21,22)5)28(6)15-12-20(30)16-29(28)26(32-29)25(24)31/h8-9,17-26,30-31H,7,10-16H2,1-6H3/t18-,19-,20+,21-,22+,23+,24+,25-,26+,27-,28-,29+/m1/s1. The molecule has 5 aliphatic rings. The van der Waals surface area contributed by atoms with E-state index in [1.54, 1.807) is 0 Å². The van der Waals surface area contributed by atoms with E-state index in [1.807, 2.05) is 0 Å². The Morgan fingerprint density at radius 3 is 2.41 bits per heavy atom. The molecule has 5 rings (SSSR count). The third-order valence-corrected chi connectivity index (χ3v) is 11.8. The van der Waals surface area contributed by atoms with E-state index < -0.39 is 0 Å². The van der Waals surface area contributed by atoms with Crippen LogP contribution in [0.4, 0.5) is 0 Å². The van der Waals surface area contributed by atoms with Crippen LogP contribution in [0.3, 0.4) is 0 Å². The van der Waals surface area contributed by atoms with Crippen molar-refractivity contribution in [2.45, 2.75) is 117 Å². The summed E-state index contributed by atoms with van der Waals surface area (Å²) >= 11 is 0. The van der Waals surface area contributed by atoms with Gasteiger partial charge in [0.05, 0.1) is 12.2 Å². The van der Waals surface area contributed by atoms with Gasteiger partial charge >= 0.3 is 0 Å². The van der Waals surface area contributed by atoms with Crippen LogP contribution < -0.4 is 0 Å². The van der Waals surface area contributed by atoms with E-state index in [0.29, 0.717) is 46.8 Å². The molecule has 3 nitrogen and oxygen atoms in total. The molecular weight excluding hydrogens is 396 g/mol. The van der Waals surface area contributed by atoms with Gasteiger partial charge in [0.25, 0.3) is 0 Å². The number of epoxide rings is 1. The number of hydrogen-bond acceptors (Lipinski definition) is 3. The highest BCUT2D eigenvalue weighted by molar-refractivity contribution is 5.27. The van der Waals surface area contributed by atoms with E-state index in [1.165, 1.54) is 32.1 Å². The highest BCUT2D eigenvalue weighted by atomic mass is 16.6. The number of aliphatic hydroxyl groups excluding tert-OH is 2. The second-order valence-corrected chi connectivity index (χ2v) is 13.3. The molecule has 0 unspecified atom stereocenters. The van der Waals surface area contributed by atoms with Crippen molar-refractivity contribution in [1.82, 2.24) is 0 Å². The summed E-state index contributed by atoms with van der Waals surface area (Å²) in [5.74, 6) is 4.22. The predicted molar refractivity (Wildman–Crippen MR) is 129 cm³/mol. The number of allylic oxidation sites excluding steroid dienone is 2. The molecule has 0 aromatic rings. The smallest absolute Gasteiger partial charge is 0.114 e. The lowest BCUT2D eigenvalue weighted by Crippen LogP contribution is -2.63. The molecule has 0 aromatic heterocycles. The molecule has 1 saturated heterocycles. The minimum Gasteiger partial charge on any atom is -0.393 e. The zero-order valence-corrected chi connectivity index (χ0v) is 21.4. The summed E-state index contributed by atoms with van der Waals surface area (Å²) in [6, 6.07) is 0. The quantitative estimate of drug-likeness (QED) is 0.405. The largest absolute Gasteiger partial charge is 0.393 e. The van der Waals surface area contributed by atoms with E-state index in [2.05, 4.69) is 53.7 Å². The van der Waals surface area contributed by atoms with Crippen LogP contribution in [0.25, 0.3) is 0 Å². The Morgan fingerprint density at radius 1 is 0.969 bits per heavy atom. The summed E-state index contributed by atoms with van der Waals surface area (Å²) in [5, 5.41) is 22.0. The summed E-state index contributed by atoms with van der Waals surface area (Å²) in [6.07, 6.45) is 13.4. The zero-order valence-electron chi connectivity index (χ0n) is 21.4. The van der Waals surface area contributed by atoms with Crippen molar-refractivity contribution in [3.63, 3.8) is 0 Å². The number of ether oxygens (including phenoxy) is 1. The maximum absolute atomic E-state index is 11.6. The van der Waals surface area contributed by atoms with Gasteiger partial charge in [-0.25, -0.2) is 0 Å². The maximum Gasteiger partial charge on any atom is 0.114 e. The zero-order chi connectivity index (χ0) is 23.1. The van der Waals surface area contributed by atoms with E-state index in [-0.39, 0.29) is 29.3 Å². The number of rotatable bonds is 5. The number of fused-ring (bicyclic) bond motifs is 4. The van der Waals surface area contributed by atoms with Gasteiger partial charge in [-0.15, -0.1) is 0 Å². The Kier molecular flexibility index (Phi) is 5.71. The van der Waals surface area contributed by atoms with Crippen LogP contribution in [-0.2, 0) is 4.74 Å². The van der Waals surface area contributed by atoms with Crippen molar-refractivity contribution in [1.29, 1.82) is 0 Å². The van der Waals surface area contributed by atoms with Crippen molar-refractivity contribution in [2.75, 3.05) is 0 Å². The van der Waals surface area contributed by atoms with Crippen LogP contribution >= 0.6 is 0 Å². The molecule has 4 aliphatic carbocycles. The van der Waals surface area contributed by atoms with E-state index in [0.717, 1.165) is 19.3 Å². The fourth-order valence-corrected chi connectivity index (χ4v) is 9.83. The summed E-state index contributed by atoms with van der Waals surface area (Å²) in [4.78, 5) is 0. The van der Waals surface area contributed by atoms with E-state index in [4.69, 9.17) is 4.74 Å². The molecule has 4 saturated carbocycles. The first-order valence-electron chi connectivity index (χ1n) is 13.8. The lowest BCUT2D eigenvalue weighted by molar-refractivity contribution is -0.150. The van der Waals surface area contributed by atoms with Gasteiger partial charge in [0.1, 0.15) is 11.7 Å². The average molecular weight is 445 g/mol. The lowest BCUT2D eigenvalue weighted by Gasteiger charge is -2.60. The second kappa shape index (κ2) is 7.82. The van der Waals surface area contributed by atoms with Gasteiger partial charge in [0.2, 0.25) is 0 Å². The van der Waals surface area contributed by atoms with Gasteiger partial charge in [-0.05, 0) is 91.8 Å². The molecule has 1 heterocycles. The fraction of sp³-hybridized carbons (Fsp3) is 0.931. The van der Waals surface area contributed by atoms with Crippen LogP contribution in [0, 0.1) is 52.3 Å². The number of hydrogen-bond donors (Lipinski definition) is 2. The Morgan fingerprint density at radius 2 is 1.72 bits per heavy atom. The van der Waals surface area contributed by atoms with Gasteiger partial charge in [-0.1, -0.05) is 53.7 Å². The molecule has 0 bridgehead atoms. The molecule has 3 heteroatoms. The normalized spacial score (nSPS) is 54.0. The Hall–Kier alpha value is -0.380. The summed E-state index contributed by atoms with van der Waals surface area (Å²) in [5.41, 5.74) is 0.196. The van der Waals surface area contributed by atoms with Crippen molar-refractivity contribution in [3.05, 3.63) is 12.2 Å². The van der Waals surface area contributed by atoms with Crippen LogP contribution in [0.1, 0.15) is 92.9 Å². The molecule has 182 valence electrons. The maximum atomic E-state index is 11.6. The molecule has 0 amide bonds. The van der Waals surface area contributed by atoms with Gasteiger partial charge in [-0.2, -0.15) is 0 Å². The molecule has 5 fully saturated rings. The Bertz CT molecular complexity index is 747. The second-order valence-electron chi connectivity index (χ2n) is 13.3. The van der Waals surface area contributed by atoms with Gasteiger partial charge in [0, 0.05) is 11.8 Å². The Labute approximate surface area is 196 Å². The van der Waals surface area contributed by atoms with Crippen LogP contribution in [0.15, 0.2) is 12.2 Å². The summed E-state index contributed by atoms with van der Waals surface area (Å²) in [6.45, 7) is 14.4. The van der Waals surface area contributed by atoms with Crippen molar-refractivity contribution < 1.29 is 14.9 Å². The number of aliphatic hydroxyl groups is 2. The van der Waals surface area contributed by atoms with Crippen LogP contribution in [0.5, 0.6) is 0 Å². The molecule has 0 radical (unpaired) electrons. The van der Waals surface area contributed by atoms with Crippen LogP contribution in [-0.4, -0.2) is 34.1 Å². The molecule has 1 spiro atoms. The van der Waals surface area contributed by atoms with Gasteiger partial charge in [0.15, 0.2) is 0 Å². The fourth-order valence-electron chi connectivity index (χ4n) is 9.83. The van der Waals surface area contributed by atoms with Gasteiger partial charge < -0.3 is 14.9 Å². The minimum absolute atomic E-state index is 0.0428. The van der Waals surface area contributed by atoms with Crippen molar-refractivity contribution in [3.8, 4) is 0 Å². The van der Waals surface area contributed by atoms with Crippen molar-refractivity contribution in [2.24, 2.45) is 52.3 Å². The van der Waals surface area contributed by atoms with E-state index in [9.17, 15) is 10.2 Å². The summed E-state index contributed by atoms with van der Waals surface area (Å²) < 4.78 is 6.38. The average Bonchev–Trinajstić information content (AvgIpc) is 3.36. The predicted octanol–water partition coefficient (Wildman–Crippen LogP) is 5.98. The third kappa shape index (κ3) is 3.09. The third-order valence-electron chi connectivity index (χ3n) is 11.8. The highest BCUT2D eigenvalue weighted by Gasteiger charge is 2.79. The molecular formula is C29H48O3. The summed E-state index contributed by atoms with van der Waals surface area (Å²) in [7, 11) is 0.